The van der Waals surface area contributed by atoms with Gasteiger partial charge in [-0.3, -0.25) is 4.79 Å². The molecule has 4 rings (SSSR count). The van der Waals surface area contributed by atoms with Gasteiger partial charge in [0.25, 0.3) is 0 Å². The molecule has 1 saturated carbocycles. The first-order valence-electron chi connectivity index (χ1n) is 7.12. The van der Waals surface area contributed by atoms with Gasteiger partial charge in [-0.2, -0.15) is 0 Å². The van der Waals surface area contributed by atoms with Gasteiger partial charge >= 0.3 is 0 Å². The molecule has 5 heteroatoms. The van der Waals surface area contributed by atoms with Gasteiger partial charge in [-0.05, 0) is 25.0 Å². The monoisotopic (exact) mass is 271 g/mol. The van der Waals surface area contributed by atoms with Crippen molar-refractivity contribution in [3.63, 3.8) is 0 Å². The molecule has 1 aliphatic carbocycles. The first-order chi connectivity index (χ1) is 9.81. The van der Waals surface area contributed by atoms with Gasteiger partial charge in [0.2, 0.25) is 5.91 Å². The summed E-state index contributed by atoms with van der Waals surface area (Å²) in [5.74, 6) is 0.585. The molecule has 2 heterocycles. The molecule has 2 fully saturated rings. The molecule has 1 aliphatic heterocycles. The molecule has 1 saturated heterocycles. The van der Waals surface area contributed by atoms with E-state index in [0.29, 0.717) is 24.6 Å². The van der Waals surface area contributed by atoms with Crippen molar-refractivity contribution in [1.29, 1.82) is 0 Å². The molecule has 104 valence electrons. The summed E-state index contributed by atoms with van der Waals surface area (Å²) in [6.07, 6.45) is 4.14. The highest BCUT2D eigenvalue weighted by atomic mass is 16.5. The molecule has 0 unspecified atom stereocenters. The molecule has 20 heavy (non-hydrogen) atoms. The van der Waals surface area contributed by atoms with Crippen LogP contribution in [-0.2, 0) is 16.1 Å². The fraction of sp³-hybridized carbons (Fsp3) is 0.467. The van der Waals surface area contributed by atoms with E-state index in [1.54, 1.807) is 6.33 Å². The summed E-state index contributed by atoms with van der Waals surface area (Å²) in [7, 11) is 0. The van der Waals surface area contributed by atoms with Crippen LogP contribution in [0.1, 0.15) is 12.8 Å². The summed E-state index contributed by atoms with van der Waals surface area (Å²) >= 11 is 0. The minimum atomic E-state index is 0.0588. The van der Waals surface area contributed by atoms with Gasteiger partial charge < -0.3 is 14.6 Å². The van der Waals surface area contributed by atoms with E-state index < -0.39 is 0 Å². The number of benzene rings is 1. The van der Waals surface area contributed by atoms with Gasteiger partial charge in [0.15, 0.2) is 0 Å². The second kappa shape index (κ2) is 4.59. The number of rotatable bonds is 3. The molecule has 0 radical (unpaired) electrons. The number of hydrogen-bond donors (Lipinski definition) is 1. The smallest absolute Gasteiger partial charge is 0.240 e. The predicted octanol–water partition coefficient (Wildman–Crippen LogP) is 1.33. The first-order valence-corrected chi connectivity index (χ1v) is 7.12. The number of carbonyl (C=O) groups is 1. The Morgan fingerprint density at radius 3 is 3.25 bits per heavy atom. The van der Waals surface area contributed by atoms with Gasteiger partial charge in [-0.1, -0.05) is 12.1 Å². The van der Waals surface area contributed by atoms with E-state index in [4.69, 9.17) is 4.74 Å². The van der Waals surface area contributed by atoms with Crippen LogP contribution in [0.4, 0.5) is 0 Å². The van der Waals surface area contributed by atoms with Gasteiger partial charge in [0.05, 0.1) is 23.5 Å². The average Bonchev–Trinajstić information content (AvgIpc) is 3.01. The minimum Gasteiger partial charge on any atom is -0.378 e. The summed E-state index contributed by atoms with van der Waals surface area (Å²) in [4.78, 5) is 16.4. The lowest BCUT2D eigenvalue weighted by Crippen LogP contribution is -2.54. The maximum Gasteiger partial charge on any atom is 0.240 e. The second-order valence-electron chi connectivity index (χ2n) is 5.63. The molecular formula is C15H17N3O2. The molecule has 2 aromatic rings. The van der Waals surface area contributed by atoms with Crippen LogP contribution < -0.4 is 5.32 Å². The summed E-state index contributed by atoms with van der Waals surface area (Å²) in [6, 6.07) is 8.15. The van der Waals surface area contributed by atoms with Crippen LogP contribution in [0.15, 0.2) is 30.6 Å². The van der Waals surface area contributed by atoms with E-state index >= 15 is 0 Å². The van der Waals surface area contributed by atoms with E-state index in [-0.39, 0.29) is 5.91 Å². The molecule has 3 atom stereocenters. The SMILES string of the molecule is O=C(Cn1cnc2ccccc21)N[C@@H]1C[C@H]2OCC[C@@H]12. The van der Waals surface area contributed by atoms with Crippen LogP contribution >= 0.6 is 0 Å². The Balaban J connectivity index is 1.42. The molecular weight excluding hydrogens is 254 g/mol. The lowest BCUT2D eigenvalue weighted by molar-refractivity contribution is -0.124. The predicted molar refractivity (Wildman–Crippen MR) is 74.1 cm³/mol. The van der Waals surface area contributed by atoms with Crippen LogP contribution in [0.5, 0.6) is 0 Å². The highest BCUT2D eigenvalue weighted by Gasteiger charge is 2.45. The van der Waals surface area contributed by atoms with Gasteiger partial charge in [-0.25, -0.2) is 4.98 Å². The lowest BCUT2D eigenvalue weighted by Gasteiger charge is -2.39. The number of carbonyl (C=O) groups excluding carboxylic acids is 1. The number of nitrogens with zero attached hydrogens (tertiary/aromatic N) is 2. The number of nitrogens with one attached hydrogen (secondary N) is 1. The largest absolute Gasteiger partial charge is 0.378 e. The Morgan fingerprint density at radius 2 is 2.35 bits per heavy atom. The minimum absolute atomic E-state index is 0.0588. The molecule has 1 N–H and O–H groups in total. The highest BCUT2D eigenvalue weighted by Crippen LogP contribution is 2.38. The van der Waals surface area contributed by atoms with E-state index in [1.807, 2.05) is 28.8 Å². The number of imidazole rings is 1. The Bertz CT molecular complexity index is 651. The number of hydrogen-bond acceptors (Lipinski definition) is 3. The van der Waals surface area contributed by atoms with Crippen molar-refractivity contribution in [1.82, 2.24) is 14.9 Å². The summed E-state index contributed by atoms with van der Waals surface area (Å²) < 4.78 is 7.46. The summed E-state index contributed by atoms with van der Waals surface area (Å²) in [5, 5.41) is 3.12. The molecule has 0 spiro atoms. The maximum absolute atomic E-state index is 12.1. The lowest BCUT2D eigenvalue weighted by atomic mass is 9.76. The van der Waals surface area contributed by atoms with Crippen molar-refractivity contribution in [2.45, 2.75) is 31.5 Å². The third-order valence-corrected chi connectivity index (χ3v) is 4.45. The van der Waals surface area contributed by atoms with Crippen molar-refractivity contribution in [3.8, 4) is 0 Å². The Kier molecular flexibility index (Phi) is 2.73. The highest BCUT2D eigenvalue weighted by molar-refractivity contribution is 5.80. The van der Waals surface area contributed by atoms with E-state index in [2.05, 4.69) is 10.3 Å². The molecule has 1 aromatic heterocycles. The molecule has 1 amide bonds. The fourth-order valence-corrected chi connectivity index (χ4v) is 3.31. The molecule has 2 aliphatic rings. The van der Waals surface area contributed by atoms with Crippen LogP contribution in [0.25, 0.3) is 11.0 Å². The fourth-order valence-electron chi connectivity index (χ4n) is 3.31. The van der Waals surface area contributed by atoms with E-state index in [9.17, 15) is 4.79 Å². The van der Waals surface area contributed by atoms with Gasteiger partial charge in [0.1, 0.15) is 6.54 Å². The number of para-hydroxylation sites is 2. The Labute approximate surface area is 116 Å². The zero-order valence-electron chi connectivity index (χ0n) is 11.2. The van der Waals surface area contributed by atoms with Crippen molar-refractivity contribution in [2.24, 2.45) is 5.92 Å². The number of amides is 1. The van der Waals surface area contributed by atoms with Crippen LogP contribution in [0.2, 0.25) is 0 Å². The summed E-state index contributed by atoms with van der Waals surface area (Å²) in [5.41, 5.74) is 1.92. The topological polar surface area (TPSA) is 56.2 Å². The number of fused-ring (bicyclic) bond motifs is 2. The maximum atomic E-state index is 12.1. The quantitative estimate of drug-likeness (QED) is 0.916. The number of ether oxygens (including phenoxy) is 1. The van der Waals surface area contributed by atoms with E-state index in [0.717, 1.165) is 30.5 Å². The molecule has 0 bridgehead atoms. The van der Waals surface area contributed by atoms with Crippen molar-refractivity contribution in [2.75, 3.05) is 6.61 Å². The van der Waals surface area contributed by atoms with Crippen molar-refractivity contribution < 1.29 is 9.53 Å². The summed E-state index contributed by atoms with van der Waals surface area (Å²) in [6.45, 7) is 1.17. The van der Waals surface area contributed by atoms with Crippen LogP contribution in [0.3, 0.4) is 0 Å². The van der Waals surface area contributed by atoms with Crippen molar-refractivity contribution in [3.05, 3.63) is 30.6 Å². The Hall–Kier alpha value is -1.88. The third-order valence-electron chi connectivity index (χ3n) is 4.45. The molecule has 1 aromatic carbocycles. The second-order valence-corrected chi connectivity index (χ2v) is 5.63. The van der Waals surface area contributed by atoms with Crippen LogP contribution in [0, 0.1) is 5.92 Å². The van der Waals surface area contributed by atoms with Gasteiger partial charge in [0, 0.05) is 18.6 Å². The van der Waals surface area contributed by atoms with Crippen LogP contribution in [-0.4, -0.2) is 34.2 Å². The van der Waals surface area contributed by atoms with E-state index in [1.165, 1.54) is 0 Å². The zero-order valence-corrected chi connectivity index (χ0v) is 11.2. The average molecular weight is 271 g/mol. The first kappa shape index (κ1) is 11.9. The van der Waals surface area contributed by atoms with Crippen molar-refractivity contribution >= 4 is 16.9 Å². The molecule has 5 nitrogen and oxygen atoms in total. The normalized spacial score (nSPS) is 28.1. The number of aromatic nitrogens is 2. The third kappa shape index (κ3) is 1.89. The van der Waals surface area contributed by atoms with Gasteiger partial charge in [-0.15, -0.1) is 0 Å². The zero-order chi connectivity index (χ0) is 13.5. The Morgan fingerprint density at radius 1 is 1.45 bits per heavy atom. The standard InChI is InChI=1S/C15H17N3O2/c19-15(17-12-7-14-10(12)5-6-20-14)8-18-9-16-11-3-1-2-4-13(11)18/h1-4,9-10,12,14H,5-8H2,(H,17,19)/t10-,12+,14+/m0/s1.